The highest BCUT2D eigenvalue weighted by atomic mass is 35.5. The molecule has 1 aliphatic rings. The summed E-state index contributed by atoms with van der Waals surface area (Å²) >= 11 is 6.06. The average molecular weight is 387 g/mol. The van der Waals surface area contributed by atoms with Crippen LogP contribution in [-0.2, 0) is 0 Å². The van der Waals surface area contributed by atoms with Crippen molar-refractivity contribution >= 4 is 29.1 Å². The van der Waals surface area contributed by atoms with Crippen LogP contribution in [0, 0.1) is 0 Å². The first-order chi connectivity index (χ1) is 13.1. The predicted molar refractivity (Wildman–Crippen MR) is 106 cm³/mol. The Morgan fingerprint density at radius 2 is 1.78 bits per heavy atom. The summed E-state index contributed by atoms with van der Waals surface area (Å²) in [5, 5.41) is 3.48. The van der Waals surface area contributed by atoms with Crippen molar-refractivity contribution in [3.63, 3.8) is 0 Å². The molecule has 1 aromatic carbocycles. The minimum atomic E-state index is -0.253. The molecule has 1 saturated heterocycles. The molecule has 0 spiro atoms. The molecule has 1 fully saturated rings. The Bertz CT molecular complexity index is 819. The summed E-state index contributed by atoms with van der Waals surface area (Å²) in [6.45, 7) is 5.21. The second-order valence-electron chi connectivity index (χ2n) is 6.42. The highest BCUT2D eigenvalue weighted by Gasteiger charge is 2.24. The lowest BCUT2D eigenvalue weighted by molar-refractivity contribution is 0.0740. The maximum atomic E-state index is 12.8. The van der Waals surface area contributed by atoms with E-state index in [1.165, 1.54) is 0 Å². The first-order valence-electron chi connectivity index (χ1n) is 9.13. The molecule has 0 bridgehead atoms. The molecule has 7 heteroatoms. The lowest BCUT2D eigenvalue weighted by Gasteiger charge is -2.36. The van der Waals surface area contributed by atoms with Crippen LogP contribution in [0.25, 0.3) is 0 Å². The summed E-state index contributed by atoms with van der Waals surface area (Å²) in [7, 11) is 0. The topological polar surface area (TPSA) is 65.5 Å². The van der Waals surface area contributed by atoms with Crippen LogP contribution in [0.1, 0.15) is 34.3 Å². The molecule has 0 radical (unpaired) electrons. The van der Waals surface area contributed by atoms with Gasteiger partial charge in [0.1, 0.15) is 11.4 Å². The highest BCUT2D eigenvalue weighted by molar-refractivity contribution is 6.30. The lowest BCUT2D eigenvalue weighted by Crippen LogP contribution is -2.49. The number of carbonyl (C=O) groups is 2. The smallest absolute Gasteiger partial charge is 0.272 e. The number of nitrogens with one attached hydrogen (secondary N) is 1. The summed E-state index contributed by atoms with van der Waals surface area (Å²) in [5.41, 5.74) is 1.63. The molecule has 2 heterocycles. The van der Waals surface area contributed by atoms with Gasteiger partial charge in [-0.2, -0.15) is 0 Å². The monoisotopic (exact) mass is 386 g/mol. The first kappa shape index (κ1) is 19.2. The van der Waals surface area contributed by atoms with Crippen molar-refractivity contribution in [2.75, 3.05) is 37.6 Å². The molecule has 1 aromatic heterocycles. The summed E-state index contributed by atoms with van der Waals surface area (Å²) in [5.74, 6) is -0.400. The van der Waals surface area contributed by atoms with E-state index in [-0.39, 0.29) is 17.5 Å². The molecule has 142 valence electrons. The quantitative estimate of drug-likeness (QED) is 0.858. The molecule has 0 unspecified atom stereocenters. The zero-order chi connectivity index (χ0) is 19.2. The normalized spacial score (nSPS) is 14.1. The van der Waals surface area contributed by atoms with E-state index in [1.54, 1.807) is 23.1 Å². The van der Waals surface area contributed by atoms with E-state index in [1.807, 2.05) is 31.2 Å². The molecule has 0 atom stereocenters. The predicted octanol–water partition coefficient (Wildman–Crippen LogP) is 2.84. The minimum Gasteiger partial charge on any atom is -0.368 e. The molecular formula is C20H23ClN4O2. The number of nitrogens with zero attached hydrogens (tertiary/aromatic N) is 3. The second-order valence-corrected chi connectivity index (χ2v) is 6.86. The van der Waals surface area contributed by atoms with Crippen molar-refractivity contribution in [1.82, 2.24) is 15.2 Å². The van der Waals surface area contributed by atoms with Crippen molar-refractivity contribution < 1.29 is 9.59 Å². The molecule has 1 aliphatic heterocycles. The molecule has 2 amide bonds. The number of benzene rings is 1. The number of aromatic nitrogens is 1. The molecule has 1 N–H and O–H groups in total. The fraction of sp³-hybridized carbons (Fsp3) is 0.350. The van der Waals surface area contributed by atoms with Gasteiger partial charge in [-0.25, -0.2) is 4.98 Å². The number of pyridine rings is 1. The van der Waals surface area contributed by atoms with Gasteiger partial charge in [0, 0.05) is 43.4 Å². The Morgan fingerprint density at radius 1 is 1.07 bits per heavy atom. The van der Waals surface area contributed by atoms with Gasteiger partial charge in [-0.15, -0.1) is 0 Å². The minimum absolute atomic E-state index is 0.147. The third-order valence-electron chi connectivity index (χ3n) is 4.48. The maximum absolute atomic E-state index is 12.8. The standard InChI is InChI=1S/C20H23ClN4O2/c1-2-9-22-19(26)17-7-4-8-18(23-17)20(27)25-12-10-24(11-13-25)16-6-3-5-15(21)14-16/h3-8,14H,2,9-13H2,1H3,(H,22,26). The summed E-state index contributed by atoms with van der Waals surface area (Å²) in [4.78, 5) is 33.1. The van der Waals surface area contributed by atoms with Gasteiger partial charge in [-0.3, -0.25) is 9.59 Å². The molecular weight excluding hydrogens is 364 g/mol. The number of hydrogen-bond donors (Lipinski definition) is 1. The van der Waals surface area contributed by atoms with Crippen molar-refractivity contribution in [2.24, 2.45) is 0 Å². The molecule has 0 aliphatic carbocycles. The van der Waals surface area contributed by atoms with Crippen LogP contribution in [0.15, 0.2) is 42.5 Å². The largest absolute Gasteiger partial charge is 0.368 e. The van der Waals surface area contributed by atoms with Gasteiger partial charge in [0.25, 0.3) is 11.8 Å². The average Bonchev–Trinajstić information content (AvgIpc) is 2.71. The van der Waals surface area contributed by atoms with Crippen molar-refractivity contribution in [3.8, 4) is 0 Å². The lowest BCUT2D eigenvalue weighted by atomic mass is 10.2. The van der Waals surface area contributed by atoms with Crippen LogP contribution in [0.3, 0.4) is 0 Å². The second kappa shape index (κ2) is 8.86. The number of halogens is 1. The molecule has 3 rings (SSSR count). The number of carbonyl (C=O) groups excluding carboxylic acids is 2. The molecule has 6 nitrogen and oxygen atoms in total. The Kier molecular flexibility index (Phi) is 6.29. The van der Waals surface area contributed by atoms with E-state index in [4.69, 9.17) is 11.6 Å². The van der Waals surface area contributed by atoms with Crippen LogP contribution in [0.2, 0.25) is 5.02 Å². The first-order valence-corrected chi connectivity index (χ1v) is 9.51. The van der Waals surface area contributed by atoms with E-state index >= 15 is 0 Å². The summed E-state index contributed by atoms with van der Waals surface area (Å²) < 4.78 is 0. The Labute approximate surface area is 164 Å². The van der Waals surface area contributed by atoms with Crippen molar-refractivity contribution in [2.45, 2.75) is 13.3 Å². The van der Waals surface area contributed by atoms with Gasteiger partial charge >= 0.3 is 0 Å². The molecule has 2 aromatic rings. The maximum Gasteiger partial charge on any atom is 0.272 e. The number of piperazine rings is 1. The number of amides is 2. The number of hydrogen-bond acceptors (Lipinski definition) is 4. The fourth-order valence-corrected chi connectivity index (χ4v) is 3.20. The summed E-state index contributed by atoms with van der Waals surface area (Å²) in [6, 6.07) is 12.7. The van der Waals surface area contributed by atoms with E-state index in [0.29, 0.717) is 30.4 Å². The van der Waals surface area contributed by atoms with Crippen LogP contribution >= 0.6 is 11.6 Å². The van der Waals surface area contributed by atoms with Gasteiger partial charge in [0.2, 0.25) is 0 Å². The van der Waals surface area contributed by atoms with E-state index < -0.39 is 0 Å². The summed E-state index contributed by atoms with van der Waals surface area (Å²) in [6.07, 6.45) is 0.848. The van der Waals surface area contributed by atoms with Crippen LogP contribution in [0.5, 0.6) is 0 Å². The Morgan fingerprint density at radius 3 is 2.48 bits per heavy atom. The number of anilines is 1. The van der Waals surface area contributed by atoms with Gasteiger partial charge in [0.15, 0.2) is 0 Å². The van der Waals surface area contributed by atoms with Crippen molar-refractivity contribution in [3.05, 3.63) is 58.9 Å². The van der Waals surface area contributed by atoms with E-state index in [0.717, 1.165) is 25.2 Å². The zero-order valence-corrected chi connectivity index (χ0v) is 16.1. The SMILES string of the molecule is CCCNC(=O)c1cccc(C(=O)N2CCN(c3cccc(Cl)c3)CC2)n1. The van der Waals surface area contributed by atoms with E-state index in [2.05, 4.69) is 15.2 Å². The van der Waals surface area contributed by atoms with Crippen molar-refractivity contribution in [1.29, 1.82) is 0 Å². The van der Waals surface area contributed by atoms with Gasteiger partial charge in [-0.05, 0) is 36.8 Å². The molecule has 0 saturated carbocycles. The number of rotatable bonds is 5. The van der Waals surface area contributed by atoms with Gasteiger partial charge in [-0.1, -0.05) is 30.7 Å². The van der Waals surface area contributed by atoms with Crippen LogP contribution in [0.4, 0.5) is 5.69 Å². The Balaban J connectivity index is 1.63. The zero-order valence-electron chi connectivity index (χ0n) is 15.3. The third-order valence-corrected chi connectivity index (χ3v) is 4.71. The third kappa shape index (κ3) is 4.77. The van der Waals surface area contributed by atoms with Crippen LogP contribution in [-0.4, -0.2) is 54.4 Å². The van der Waals surface area contributed by atoms with Gasteiger partial charge < -0.3 is 15.1 Å². The van der Waals surface area contributed by atoms with E-state index in [9.17, 15) is 9.59 Å². The Hall–Kier alpha value is -2.60. The van der Waals surface area contributed by atoms with Crippen LogP contribution < -0.4 is 10.2 Å². The molecule has 27 heavy (non-hydrogen) atoms. The van der Waals surface area contributed by atoms with Gasteiger partial charge in [0.05, 0.1) is 0 Å². The fourth-order valence-electron chi connectivity index (χ4n) is 3.01. The highest BCUT2D eigenvalue weighted by Crippen LogP contribution is 2.21.